The van der Waals surface area contributed by atoms with E-state index in [1.54, 1.807) is 13.3 Å². The molecule has 0 aliphatic carbocycles. The van der Waals surface area contributed by atoms with E-state index < -0.39 is 0 Å². The van der Waals surface area contributed by atoms with Crippen molar-refractivity contribution in [3.8, 4) is 5.88 Å². The molecule has 21 heavy (non-hydrogen) atoms. The fraction of sp³-hybridized carbons (Fsp3) is 0.389. The quantitative estimate of drug-likeness (QED) is 0.837. The Kier molecular flexibility index (Phi) is 5.76. The SMILES string of the molecule is CCc1ccc(C(CC)NCc2ccnc(OC)c2)cc1. The predicted molar refractivity (Wildman–Crippen MR) is 86.5 cm³/mol. The topological polar surface area (TPSA) is 34.2 Å². The summed E-state index contributed by atoms with van der Waals surface area (Å²) in [6.45, 7) is 5.20. The molecular formula is C18H24N2O. The predicted octanol–water partition coefficient (Wildman–Crippen LogP) is 3.89. The molecule has 3 nitrogen and oxygen atoms in total. The Morgan fingerprint density at radius 3 is 2.48 bits per heavy atom. The zero-order chi connectivity index (χ0) is 15.1. The molecule has 0 amide bonds. The zero-order valence-electron chi connectivity index (χ0n) is 13.1. The Hall–Kier alpha value is -1.87. The van der Waals surface area contributed by atoms with Crippen molar-refractivity contribution >= 4 is 0 Å². The maximum atomic E-state index is 5.16. The first-order valence-corrected chi connectivity index (χ1v) is 7.58. The molecule has 0 aliphatic rings. The van der Waals surface area contributed by atoms with Gasteiger partial charge in [-0.2, -0.15) is 0 Å². The van der Waals surface area contributed by atoms with Crippen LogP contribution in [0.25, 0.3) is 0 Å². The molecule has 0 fully saturated rings. The molecule has 1 heterocycles. The fourth-order valence-electron chi connectivity index (χ4n) is 2.40. The van der Waals surface area contributed by atoms with Crippen LogP contribution >= 0.6 is 0 Å². The number of aryl methyl sites for hydroxylation is 1. The van der Waals surface area contributed by atoms with Crippen LogP contribution in [0, 0.1) is 0 Å². The van der Waals surface area contributed by atoms with E-state index in [4.69, 9.17) is 4.74 Å². The summed E-state index contributed by atoms with van der Waals surface area (Å²) in [6.07, 6.45) is 3.93. The third-order valence-corrected chi connectivity index (χ3v) is 3.76. The van der Waals surface area contributed by atoms with Gasteiger partial charge in [0, 0.05) is 24.8 Å². The van der Waals surface area contributed by atoms with Crippen LogP contribution in [0.5, 0.6) is 5.88 Å². The number of nitrogens with zero attached hydrogens (tertiary/aromatic N) is 1. The van der Waals surface area contributed by atoms with E-state index >= 15 is 0 Å². The van der Waals surface area contributed by atoms with Gasteiger partial charge in [0.1, 0.15) is 0 Å². The van der Waals surface area contributed by atoms with Gasteiger partial charge in [0.2, 0.25) is 5.88 Å². The lowest BCUT2D eigenvalue weighted by molar-refractivity contribution is 0.396. The summed E-state index contributed by atoms with van der Waals surface area (Å²) in [4.78, 5) is 4.13. The van der Waals surface area contributed by atoms with Gasteiger partial charge in [-0.3, -0.25) is 0 Å². The molecule has 0 bridgehead atoms. The van der Waals surface area contributed by atoms with E-state index in [0.29, 0.717) is 11.9 Å². The fourth-order valence-corrected chi connectivity index (χ4v) is 2.40. The minimum absolute atomic E-state index is 0.370. The highest BCUT2D eigenvalue weighted by Gasteiger charge is 2.08. The van der Waals surface area contributed by atoms with E-state index in [1.807, 2.05) is 12.1 Å². The summed E-state index contributed by atoms with van der Waals surface area (Å²) in [5.74, 6) is 0.662. The Labute approximate surface area is 127 Å². The van der Waals surface area contributed by atoms with Crippen molar-refractivity contribution in [3.05, 3.63) is 59.3 Å². The molecule has 112 valence electrons. The Balaban J connectivity index is 2.01. The first-order chi connectivity index (χ1) is 10.3. The molecule has 2 rings (SSSR count). The minimum Gasteiger partial charge on any atom is -0.481 e. The normalized spacial score (nSPS) is 12.1. The van der Waals surface area contributed by atoms with E-state index in [2.05, 4.69) is 48.4 Å². The molecule has 0 saturated carbocycles. The Morgan fingerprint density at radius 2 is 1.86 bits per heavy atom. The van der Waals surface area contributed by atoms with E-state index in [-0.39, 0.29) is 0 Å². The monoisotopic (exact) mass is 284 g/mol. The molecule has 3 heteroatoms. The van der Waals surface area contributed by atoms with Gasteiger partial charge in [0.05, 0.1) is 7.11 Å². The van der Waals surface area contributed by atoms with Gasteiger partial charge in [-0.1, -0.05) is 38.1 Å². The van der Waals surface area contributed by atoms with Crippen molar-refractivity contribution in [3.63, 3.8) is 0 Å². The van der Waals surface area contributed by atoms with Crippen LogP contribution in [0.15, 0.2) is 42.6 Å². The van der Waals surface area contributed by atoms with Crippen LogP contribution in [0.4, 0.5) is 0 Å². The van der Waals surface area contributed by atoms with Gasteiger partial charge in [0.15, 0.2) is 0 Å². The maximum absolute atomic E-state index is 5.16. The first-order valence-electron chi connectivity index (χ1n) is 7.58. The lowest BCUT2D eigenvalue weighted by Crippen LogP contribution is -2.20. The summed E-state index contributed by atoms with van der Waals surface area (Å²) in [6, 6.07) is 13.3. The van der Waals surface area contributed by atoms with Crippen LogP contribution in [0.2, 0.25) is 0 Å². The van der Waals surface area contributed by atoms with Crippen molar-refractivity contribution in [1.82, 2.24) is 10.3 Å². The Bertz CT molecular complexity index is 551. The summed E-state index contributed by atoms with van der Waals surface area (Å²) in [5.41, 5.74) is 3.91. The maximum Gasteiger partial charge on any atom is 0.213 e. The molecule has 1 aromatic heterocycles. The number of rotatable bonds is 7. The first kappa shape index (κ1) is 15.5. The largest absolute Gasteiger partial charge is 0.481 e. The average Bonchev–Trinajstić information content (AvgIpc) is 2.56. The minimum atomic E-state index is 0.370. The molecule has 1 N–H and O–H groups in total. The second kappa shape index (κ2) is 7.79. The van der Waals surface area contributed by atoms with Crippen LogP contribution in [-0.2, 0) is 13.0 Å². The van der Waals surface area contributed by atoms with Gasteiger partial charge in [0.25, 0.3) is 0 Å². The summed E-state index contributed by atoms with van der Waals surface area (Å²) < 4.78 is 5.16. The van der Waals surface area contributed by atoms with Crippen molar-refractivity contribution < 1.29 is 4.74 Å². The van der Waals surface area contributed by atoms with Crippen molar-refractivity contribution in [2.24, 2.45) is 0 Å². The molecule has 1 unspecified atom stereocenters. The third-order valence-electron chi connectivity index (χ3n) is 3.76. The number of aromatic nitrogens is 1. The molecule has 1 aromatic carbocycles. The molecule has 1 atom stereocenters. The lowest BCUT2D eigenvalue weighted by atomic mass is 10.0. The van der Waals surface area contributed by atoms with E-state index in [0.717, 1.165) is 19.4 Å². The zero-order valence-corrected chi connectivity index (χ0v) is 13.1. The number of ether oxygens (including phenoxy) is 1. The van der Waals surface area contributed by atoms with Crippen molar-refractivity contribution in [2.45, 2.75) is 39.3 Å². The number of nitrogens with one attached hydrogen (secondary N) is 1. The molecule has 0 saturated heterocycles. The molecule has 0 radical (unpaired) electrons. The highest BCUT2D eigenvalue weighted by molar-refractivity contribution is 5.25. The van der Waals surface area contributed by atoms with Gasteiger partial charge >= 0.3 is 0 Å². The van der Waals surface area contributed by atoms with Crippen LogP contribution in [0.1, 0.15) is 43.0 Å². The van der Waals surface area contributed by atoms with Crippen LogP contribution < -0.4 is 10.1 Å². The number of benzene rings is 1. The number of pyridine rings is 1. The average molecular weight is 284 g/mol. The molecule has 0 aliphatic heterocycles. The number of hydrogen-bond donors (Lipinski definition) is 1. The third kappa shape index (κ3) is 4.30. The number of hydrogen-bond acceptors (Lipinski definition) is 3. The summed E-state index contributed by atoms with van der Waals surface area (Å²) >= 11 is 0. The van der Waals surface area contributed by atoms with E-state index in [9.17, 15) is 0 Å². The summed E-state index contributed by atoms with van der Waals surface area (Å²) in [7, 11) is 1.64. The number of methoxy groups -OCH3 is 1. The second-order valence-corrected chi connectivity index (χ2v) is 5.14. The van der Waals surface area contributed by atoms with Gasteiger partial charge in [-0.15, -0.1) is 0 Å². The highest BCUT2D eigenvalue weighted by atomic mass is 16.5. The van der Waals surface area contributed by atoms with Gasteiger partial charge < -0.3 is 10.1 Å². The van der Waals surface area contributed by atoms with Crippen LogP contribution in [0.3, 0.4) is 0 Å². The summed E-state index contributed by atoms with van der Waals surface area (Å²) in [5, 5.41) is 3.61. The van der Waals surface area contributed by atoms with Crippen molar-refractivity contribution in [2.75, 3.05) is 7.11 Å². The Morgan fingerprint density at radius 1 is 1.10 bits per heavy atom. The molecule has 0 spiro atoms. The van der Waals surface area contributed by atoms with Crippen molar-refractivity contribution in [1.29, 1.82) is 0 Å². The standard InChI is InChI=1S/C18H24N2O/c1-4-14-6-8-16(9-7-14)17(5-2)20-13-15-10-11-19-18(12-15)21-3/h6-12,17,20H,4-5,13H2,1-3H3. The van der Waals surface area contributed by atoms with E-state index in [1.165, 1.54) is 16.7 Å². The smallest absolute Gasteiger partial charge is 0.213 e. The van der Waals surface area contributed by atoms with Gasteiger partial charge in [-0.05, 0) is 35.6 Å². The molecule has 2 aromatic rings. The lowest BCUT2D eigenvalue weighted by Gasteiger charge is -2.18. The highest BCUT2D eigenvalue weighted by Crippen LogP contribution is 2.18. The molecular weight excluding hydrogens is 260 g/mol. The van der Waals surface area contributed by atoms with Crippen LogP contribution in [-0.4, -0.2) is 12.1 Å². The van der Waals surface area contributed by atoms with Gasteiger partial charge in [-0.25, -0.2) is 4.98 Å². The second-order valence-electron chi connectivity index (χ2n) is 5.14.